The number of nitrogens with one attached hydrogen (secondary N) is 3. The number of carboxylic acid groups (broad SMARTS) is 1. The molecule has 1 atom stereocenters. The van der Waals surface area contributed by atoms with Crippen molar-refractivity contribution >= 4 is 23.6 Å². The van der Waals surface area contributed by atoms with Gasteiger partial charge in [0.25, 0.3) is 5.91 Å². The van der Waals surface area contributed by atoms with Crippen LogP contribution in [0.15, 0.2) is 48.5 Å². The normalized spacial score (nSPS) is 11.3. The molecule has 0 aliphatic rings. The van der Waals surface area contributed by atoms with Crippen LogP contribution >= 0.6 is 0 Å². The van der Waals surface area contributed by atoms with Gasteiger partial charge < -0.3 is 26.2 Å². The van der Waals surface area contributed by atoms with Crippen molar-refractivity contribution in [3.8, 4) is 5.75 Å². The molecule has 2 rings (SSSR count). The molecule has 0 aromatic heterocycles. The number of amidine groups is 1. The molecule has 0 aliphatic heterocycles. The molecule has 9 nitrogen and oxygen atoms in total. The van der Waals surface area contributed by atoms with Crippen molar-refractivity contribution in [2.75, 3.05) is 13.7 Å². The number of nitrogen functional groups attached to an aromatic ring is 1. The minimum atomic E-state index is -0.970. The van der Waals surface area contributed by atoms with Crippen LogP contribution in [0.2, 0.25) is 0 Å². The molecule has 0 saturated heterocycles. The summed E-state index contributed by atoms with van der Waals surface area (Å²) >= 11 is 0. The molecular formula is C25H32N4O5. The van der Waals surface area contributed by atoms with Gasteiger partial charge in [0.2, 0.25) is 5.91 Å². The number of aliphatic carboxylic acids is 1. The van der Waals surface area contributed by atoms with E-state index < -0.39 is 12.0 Å². The summed E-state index contributed by atoms with van der Waals surface area (Å²) in [7, 11) is 1.59. The van der Waals surface area contributed by atoms with Gasteiger partial charge in [-0.3, -0.25) is 19.8 Å². The maximum Gasteiger partial charge on any atom is 0.305 e. The molecule has 2 aromatic rings. The van der Waals surface area contributed by atoms with Gasteiger partial charge in [0, 0.05) is 30.1 Å². The quantitative estimate of drug-likeness (QED) is 0.163. The first-order valence-corrected chi connectivity index (χ1v) is 11.1. The van der Waals surface area contributed by atoms with Gasteiger partial charge in [0.1, 0.15) is 11.6 Å². The monoisotopic (exact) mass is 468 g/mol. The Kier molecular flexibility index (Phi) is 10.6. The minimum Gasteiger partial charge on any atom is -0.497 e. The van der Waals surface area contributed by atoms with Gasteiger partial charge in [0.15, 0.2) is 0 Å². The van der Waals surface area contributed by atoms with Crippen molar-refractivity contribution in [1.29, 1.82) is 5.41 Å². The Bertz CT molecular complexity index is 974. The van der Waals surface area contributed by atoms with Crippen LogP contribution in [0.1, 0.15) is 53.6 Å². The summed E-state index contributed by atoms with van der Waals surface area (Å²) in [5.41, 5.74) is 7.42. The smallest absolute Gasteiger partial charge is 0.305 e. The van der Waals surface area contributed by atoms with E-state index >= 15 is 0 Å². The number of carboxylic acids is 1. The third-order valence-electron chi connectivity index (χ3n) is 5.31. The van der Waals surface area contributed by atoms with Gasteiger partial charge in [-0.2, -0.15) is 0 Å². The van der Waals surface area contributed by atoms with Gasteiger partial charge in [-0.05, 0) is 55.5 Å². The lowest BCUT2D eigenvalue weighted by Crippen LogP contribution is -2.36. The number of hydrogen-bond acceptors (Lipinski definition) is 5. The predicted octanol–water partition coefficient (Wildman–Crippen LogP) is 2.47. The fraction of sp³-hybridized carbons (Fsp3) is 0.360. The van der Waals surface area contributed by atoms with Crippen LogP contribution in [0, 0.1) is 5.41 Å². The zero-order chi connectivity index (χ0) is 24.9. The van der Waals surface area contributed by atoms with Crippen LogP contribution in [-0.2, 0) is 16.0 Å². The molecule has 9 heteroatoms. The van der Waals surface area contributed by atoms with Crippen LogP contribution in [0.4, 0.5) is 0 Å². The Labute approximate surface area is 199 Å². The number of ether oxygens (including phenoxy) is 1. The lowest BCUT2D eigenvalue weighted by molar-refractivity contribution is -0.137. The topological polar surface area (TPSA) is 155 Å². The molecule has 2 aromatic carbocycles. The van der Waals surface area contributed by atoms with Crippen LogP contribution < -0.4 is 21.1 Å². The average molecular weight is 469 g/mol. The summed E-state index contributed by atoms with van der Waals surface area (Å²) in [6.45, 7) is 0.429. The second-order valence-corrected chi connectivity index (χ2v) is 7.95. The summed E-state index contributed by atoms with van der Waals surface area (Å²) in [5.74, 6) is -0.705. The van der Waals surface area contributed by atoms with Crippen LogP contribution in [0.5, 0.6) is 5.75 Å². The summed E-state index contributed by atoms with van der Waals surface area (Å²) in [5, 5.41) is 22.2. The standard InChI is InChI=1S/C25H32N4O5/c1-34-21-12-5-17(6-13-21)7-14-22(30)29-20(16-23(31)32)4-2-3-15-28-25(33)19-10-8-18(9-11-19)24(26)27/h5-6,8-13,20H,2-4,7,14-16H2,1H3,(H3,26,27)(H,28,33)(H,29,30)(H,31,32)/t20-/m0/s1. The van der Waals surface area contributed by atoms with E-state index in [4.69, 9.17) is 21.0 Å². The lowest BCUT2D eigenvalue weighted by Gasteiger charge is -2.17. The number of nitrogens with two attached hydrogens (primary N) is 1. The Hall–Kier alpha value is -3.88. The van der Waals surface area contributed by atoms with Crippen LogP contribution in [0.3, 0.4) is 0 Å². The number of benzene rings is 2. The SMILES string of the molecule is COc1ccc(CCC(=O)N[C@@H](CCCCNC(=O)c2ccc(C(=N)N)cc2)CC(=O)O)cc1. The molecule has 0 aliphatic carbocycles. The number of unbranched alkanes of at least 4 members (excludes halogenated alkanes) is 1. The van der Waals surface area contributed by atoms with Gasteiger partial charge in [-0.25, -0.2) is 0 Å². The third-order valence-corrected chi connectivity index (χ3v) is 5.31. The number of amides is 2. The molecule has 2 amide bonds. The summed E-state index contributed by atoms with van der Waals surface area (Å²) in [6, 6.07) is 13.4. The first kappa shape index (κ1) is 26.4. The largest absolute Gasteiger partial charge is 0.497 e. The van der Waals surface area contributed by atoms with Gasteiger partial charge >= 0.3 is 5.97 Å². The van der Waals surface area contributed by atoms with E-state index in [1.165, 1.54) is 0 Å². The maximum atomic E-state index is 12.3. The zero-order valence-electron chi connectivity index (χ0n) is 19.3. The van der Waals surface area contributed by atoms with Crippen molar-refractivity contribution in [1.82, 2.24) is 10.6 Å². The molecule has 0 spiro atoms. The highest BCUT2D eigenvalue weighted by Gasteiger charge is 2.16. The van der Waals surface area contributed by atoms with Crippen molar-refractivity contribution in [3.05, 3.63) is 65.2 Å². The number of methoxy groups -OCH3 is 1. The maximum absolute atomic E-state index is 12.3. The van der Waals surface area contributed by atoms with Gasteiger partial charge in [-0.15, -0.1) is 0 Å². The highest BCUT2D eigenvalue weighted by atomic mass is 16.5. The fourth-order valence-electron chi connectivity index (χ4n) is 3.41. The Morgan fingerprint density at radius 2 is 1.68 bits per heavy atom. The van der Waals surface area contributed by atoms with E-state index in [1.54, 1.807) is 31.4 Å². The molecule has 0 heterocycles. The van der Waals surface area contributed by atoms with Gasteiger partial charge in [0.05, 0.1) is 13.5 Å². The lowest BCUT2D eigenvalue weighted by atomic mass is 10.0. The van der Waals surface area contributed by atoms with E-state index in [2.05, 4.69) is 10.6 Å². The second-order valence-electron chi connectivity index (χ2n) is 7.95. The fourth-order valence-corrected chi connectivity index (χ4v) is 3.41. The number of carbonyl (C=O) groups is 3. The Morgan fingerprint density at radius 1 is 1.03 bits per heavy atom. The van der Waals surface area contributed by atoms with Crippen molar-refractivity contribution in [2.45, 2.75) is 44.6 Å². The molecule has 0 unspecified atom stereocenters. The Morgan fingerprint density at radius 3 is 2.26 bits per heavy atom. The molecule has 6 N–H and O–H groups in total. The van der Waals surface area contributed by atoms with E-state index in [1.807, 2.05) is 24.3 Å². The minimum absolute atomic E-state index is 0.0595. The molecular weight excluding hydrogens is 436 g/mol. The number of hydrogen-bond donors (Lipinski definition) is 5. The highest BCUT2D eigenvalue weighted by Crippen LogP contribution is 2.13. The van der Waals surface area contributed by atoms with Gasteiger partial charge in [-0.1, -0.05) is 24.3 Å². The molecule has 0 fully saturated rings. The molecule has 34 heavy (non-hydrogen) atoms. The molecule has 0 bridgehead atoms. The third kappa shape index (κ3) is 9.32. The molecule has 0 radical (unpaired) electrons. The Balaban J connectivity index is 1.72. The average Bonchev–Trinajstić information content (AvgIpc) is 2.82. The van der Waals surface area contributed by atoms with Crippen LogP contribution in [0.25, 0.3) is 0 Å². The van der Waals surface area contributed by atoms with E-state index in [9.17, 15) is 14.4 Å². The molecule has 182 valence electrons. The number of aryl methyl sites for hydroxylation is 1. The summed E-state index contributed by atoms with van der Waals surface area (Å²) in [4.78, 5) is 35.7. The van der Waals surface area contributed by atoms with E-state index in [0.29, 0.717) is 43.4 Å². The van der Waals surface area contributed by atoms with Crippen molar-refractivity contribution in [2.24, 2.45) is 5.73 Å². The number of rotatable bonds is 14. The molecule has 0 saturated carbocycles. The zero-order valence-corrected chi connectivity index (χ0v) is 19.3. The van der Waals surface area contributed by atoms with Crippen LogP contribution in [-0.4, -0.2) is 48.4 Å². The van der Waals surface area contributed by atoms with Crippen molar-refractivity contribution < 1.29 is 24.2 Å². The van der Waals surface area contributed by atoms with E-state index in [-0.39, 0.29) is 30.5 Å². The first-order valence-electron chi connectivity index (χ1n) is 11.1. The number of carbonyl (C=O) groups excluding carboxylic acids is 2. The second kappa shape index (κ2) is 13.6. The first-order chi connectivity index (χ1) is 16.3. The highest BCUT2D eigenvalue weighted by molar-refractivity contribution is 5.98. The van der Waals surface area contributed by atoms with E-state index in [0.717, 1.165) is 11.3 Å². The summed E-state index contributed by atoms with van der Waals surface area (Å²) < 4.78 is 5.12. The van der Waals surface area contributed by atoms with Crippen molar-refractivity contribution in [3.63, 3.8) is 0 Å². The summed E-state index contributed by atoms with van der Waals surface area (Å²) in [6.07, 6.45) is 2.47. The predicted molar refractivity (Wildman–Crippen MR) is 129 cm³/mol.